The van der Waals surface area contributed by atoms with Crippen LogP contribution >= 0.6 is 11.3 Å². The van der Waals surface area contributed by atoms with Crippen LogP contribution in [0.2, 0.25) is 0 Å². The molecule has 2 aromatic carbocycles. The van der Waals surface area contributed by atoms with E-state index in [0.29, 0.717) is 5.13 Å². The van der Waals surface area contributed by atoms with Crippen LogP contribution in [0.25, 0.3) is 11.3 Å². The fourth-order valence-electron chi connectivity index (χ4n) is 2.97. The molecule has 26 heavy (non-hydrogen) atoms. The number of aromatic nitrogens is 1. The second-order valence-electron chi connectivity index (χ2n) is 5.72. The van der Waals surface area contributed by atoms with E-state index in [-0.39, 0.29) is 11.3 Å². The first-order valence-electron chi connectivity index (χ1n) is 7.78. The number of rotatable bonds is 4. The van der Waals surface area contributed by atoms with Gasteiger partial charge in [-0.3, -0.25) is 20.2 Å². The van der Waals surface area contributed by atoms with Gasteiger partial charge in [0.15, 0.2) is 5.13 Å². The number of ether oxygens (including phenoxy) is 1. The summed E-state index contributed by atoms with van der Waals surface area (Å²) in [4.78, 5) is 28.5. The maximum Gasteiger partial charge on any atom is 0.282 e. The Morgan fingerprint density at radius 1 is 1.31 bits per heavy atom. The average Bonchev–Trinajstić information content (AvgIpc) is 3.17. The van der Waals surface area contributed by atoms with E-state index in [0.717, 1.165) is 33.9 Å². The molecule has 0 atom stereocenters. The molecule has 130 valence electrons. The van der Waals surface area contributed by atoms with Gasteiger partial charge < -0.3 is 4.74 Å². The summed E-state index contributed by atoms with van der Waals surface area (Å²) >= 11 is 1.38. The number of nitrogens with one attached hydrogen (secondary N) is 1. The smallest absolute Gasteiger partial charge is 0.282 e. The normalized spacial score (nSPS) is 11.6. The molecule has 0 spiro atoms. The second-order valence-corrected chi connectivity index (χ2v) is 6.80. The number of amides is 1. The van der Waals surface area contributed by atoms with E-state index in [1.165, 1.54) is 29.5 Å². The summed E-state index contributed by atoms with van der Waals surface area (Å²) in [6, 6.07) is 11.7. The van der Waals surface area contributed by atoms with Crippen molar-refractivity contribution in [3.8, 4) is 17.0 Å². The highest BCUT2D eigenvalue weighted by Crippen LogP contribution is 2.42. The van der Waals surface area contributed by atoms with Gasteiger partial charge in [0.2, 0.25) is 0 Å². The van der Waals surface area contributed by atoms with Crippen LogP contribution in [-0.2, 0) is 6.42 Å². The van der Waals surface area contributed by atoms with Gasteiger partial charge in [-0.05, 0) is 29.8 Å². The number of fused-ring (bicyclic) bond motifs is 3. The molecule has 0 saturated heterocycles. The van der Waals surface area contributed by atoms with Crippen molar-refractivity contribution < 1.29 is 14.5 Å². The van der Waals surface area contributed by atoms with Crippen molar-refractivity contribution in [3.63, 3.8) is 0 Å². The van der Waals surface area contributed by atoms with Gasteiger partial charge in [0.05, 0.1) is 17.7 Å². The van der Waals surface area contributed by atoms with Gasteiger partial charge in [0.25, 0.3) is 11.6 Å². The number of carbonyl (C=O) groups is 1. The number of methoxy groups -OCH3 is 1. The first kappa shape index (κ1) is 16.2. The minimum Gasteiger partial charge on any atom is -0.497 e. The molecule has 3 aromatic rings. The van der Waals surface area contributed by atoms with Crippen molar-refractivity contribution >= 4 is 28.1 Å². The van der Waals surface area contributed by atoms with Crippen LogP contribution in [-0.4, -0.2) is 22.9 Å². The van der Waals surface area contributed by atoms with Crippen molar-refractivity contribution in [2.75, 3.05) is 12.4 Å². The Morgan fingerprint density at radius 2 is 2.12 bits per heavy atom. The monoisotopic (exact) mass is 367 g/mol. The predicted molar refractivity (Wildman–Crippen MR) is 98.0 cm³/mol. The van der Waals surface area contributed by atoms with Gasteiger partial charge in [-0.25, -0.2) is 4.98 Å². The van der Waals surface area contributed by atoms with Crippen LogP contribution in [0.15, 0.2) is 42.5 Å². The van der Waals surface area contributed by atoms with Crippen LogP contribution in [0, 0.1) is 10.1 Å². The Bertz CT molecular complexity index is 1040. The molecule has 0 saturated carbocycles. The Hall–Kier alpha value is -3.26. The van der Waals surface area contributed by atoms with Gasteiger partial charge in [-0.15, -0.1) is 11.3 Å². The molecule has 1 heterocycles. The van der Waals surface area contributed by atoms with Crippen molar-refractivity contribution in [1.29, 1.82) is 0 Å². The molecule has 0 radical (unpaired) electrons. The lowest BCUT2D eigenvalue weighted by Crippen LogP contribution is -2.13. The molecular weight excluding hydrogens is 354 g/mol. The van der Waals surface area contributed by atoms with E-state index in [2.05, 4.69) is 10.3 Å². The standard InChI is InChI=1S/C18H13N3O4S/c1-25-11-6-7-12-10(8-11)9-15-16(12)19-18(26-15)20-17(22)13-4-2-3-5-14(13)21(23)24/h2-8H,9H2,1H3,(H,19,20,22). The highest BCUT2D eigenvalue weighted by Gasteiger charge is 2.26. The number of carbonyl (C=O) groups excluding carboxylic acids is 1. The molecule has 1 N–H and O–H groups in total. The van der Waals surface area contributed by atoms with Crippen molar-refractivity contribution in [2.45, 2.75) is 6.42 Å². The minimum atomic E-state index is -0.569. The van der Waals surface area contributed by atoms with Gasteiger partial charge in [0, 0.05) is 22.9 Å². The first-order chi connectivity index (χ1) is 12.6. The third kappa shape index (κ3) is 2.70. The summed E-state index contributed by atoms with van der Waals surface area (Å²) in [5.41, 5.74) is 2.77. The predicted octanol–water partition coefficient (Wildman–Crippen LogP) is 3.88. The molecule has 1 amide bonds. The summed E-state index contributed by atoms with van der Waals surface area (Å²) in [6.45, 7) is 0. The topological polar surface area (TPSA) is 94.4 Å². The van der Waals surface area contributed by atoms with E-state index >= 15 is 0 Å². The van der Waals surface area contributed by atoms with Crippen LogP contribution in [0.3, 0.4) is 0 Å². The molecule has 1 aliphatic rings. The van der Waals surface area contributed by atoms with Crippen LogP contribution in [0.1, 0.15) is 20.8 Å². The molecule has 7 nitrogen and oxygen atoms in total. The third-order valence-electron chi connectivity index (χ3n) is 4.18. The fraction of sp³-hybridized carbons (Fsp3) is 0.111. The SMILES string of the molecule is COc1ccc2c(c1)Cc1sc(NC(=O)c3ccccc3[N+](=O)[O-])nc1-2. The number of benzene rings is 2. The number of para-hydroxylation sites is 1. The fourth-order valence-corrected chi connectivity index (χ4v) is 3.97. The number of nitrogens with zero attached hydrogens (tertiary/aromatic N) is 2. The van der Waals surface area contributed by atoms with E-state index < -0.39 is 10.8 Å². The first-order valence-corrected chi connectivity index (χ1v) is 8.60. The molecule has 0 unspecified atom stereocenters. The Balaban J connectivity index is 1.61. The average molecular weight is 367 g/mol. The lowest BCUT2D eigenvalue weighted by molar-refractivity contribution is -0.385. The van der Waals surface area contributed by atoms with Gasteiger partial charge in [-0.1, -0.05) is 12.1 Å². The molecule has 0 bridgehead atoms. The molecule has 0 fully saturated rings. The second kappa shape index (κ2) is 6.23. The van der Waals surface area contributed by atoms with Crippen molar-refractivity contribution in [2.24, 2.45) is 0 Å². The van der Waals surface area contributed by atoms with Gasteiger partial charge in [-0.2, -0.15) is 0 Å². The van der Waals surface area contributed by atoms with Crippen molar-refractivity contribution in [1.82, 2.24) is 4.98 Å². The largest absolute Gasteiger partial charge is 0.497 e. The molecular formula is C18H13N3O4S. The summed E-state index contributed by atoms with van der Waals surface area (Å²) < 4.78 is 5.24. The molecule has 0 aliphatic heterocycles. The number of nitro groups is 1. The zero-order valence-corrected chi connectivity index (χ0v) is 14.5. The third-order valence-corrected chi connectivity index (χ3v) is 5.15. The maximum atomic E-state index is 12.4. The van der Waals surface area contributed by atoms with E-state index in [4.69, 9.17) is 4.74 Å². The molecule has 1 aliphatic carbocycles. The molecule has 8 heteroatoms. The molecule has 1 aromatic heterocycles. The summed E-state index contributed by atoms with van der Waals surface area (Å²) in [7, 11) is 1.63. The quantitative estimate of drug-likeness (QED) is 0.436. The van der Waals surface area contributed by atoms with Gasteiger partial charge >= 0.3 is 0 Å². The Kier molecular flexibility index (Phi) is 3.89. The Morgan fingerprint density at radius 3 is 2.88 bits per heavy atom. The highest BCUT2D eigenvalue weighted by molar-refractivity contribution is 7.16. The minimum absolute atomic E-state index is 0.0120. The number of hydrogen-bond donors (Lipinski definition) is 1. The van der Waals surface area contributed by atoms with E-state index in [9.17, 15) is 14.9 Å². The number of nitro benzene ring substituents is 1. The van der Waals surface area contributed by atoms with Crippen molar-refractivity contribution in [3.05, 3.63) is 68.6 Å². The lowest BCUT2D eigenvalue weighted by atomic mass is 10.1. The van der Waals surface area contributed by atoms with E-state index in [1.807, 2.05) is 18.2 Å². The lowest BCUT2D eigenvalue weighted by Gasteiger charge is -2.04. The number of anilines is 1. The zero-order valence-electron chi connectivity index (χ0n) is 13.7. The summed E-state index contributed by atoms with van der Waals surface area (Å²) in [6.07, 6.45) is 0.723. The van der Waals surface area contributed by atoms with Crippen LogP contribution < -0.4 is 10.1 Å². The van der Waals surface area contributed by atoms with Gasteiger partial charge in [0.1, 0.15) is 11.3 Å². The Labute approximate surface area is 152 Å². The highest BCUT2D eigenvalue weighted by atomic mass is 32.1. The summed E-state index contributed by atoms with van der Waals surface area (Å²) in [5.74, 6) is 0.253. The number of thiazole rings is 1. The summed E-state index contributed by atoms with van der Waals surface area (Å²) in [5, 5.41) is 14.2. The molecule has 4 rings (SSSR count). The zero-order chi connectivity index (χ0) is 18.3. The number of hydrogen-bond acceptors (Lipinski definition) is 6. The maximum absolute atomic E-state index is 12.4. The van der Waals surface area contributed by atoms with E-state index in [1.54, 1.807) is 13.2 Å². The van der Waals surface area contributed by atoms with Crippen LogP contribution in [0.5, 0.6) is 5.75 Å². The van der Waals surface area contributed by atoms with Crippen LogP contribution in [0.4, 0.5) is 10.8 Å².